The number of fused-ring (bicyclic) bond motifs is 2. The molecule has 0 unspecified atom stereocenters. The van der Waals surface area contributed by atoms with Gasteiger partial charge in [-0.25, -0.2) is 9.97 Å². The largest absolute Gasteiger partial charge is 0.368 e. The highest BCUT2D eigenvalue weighted by molar-refractivity contribution is 6.13. The minimum atomic E-state index is -0.228. The van der Waals surface area contributed by atoms with E-state index >= 15 is 0 Å². The molecule has 0 bridgehead atoms. The number of nitrogens with one attached hydrogen (secondary N) is 2. The van der Waals surface area contributed by atoms with E-state index in [1.165, 1.54) is 0 Å². The Morgan fingerprint density at radius 1 is 1.10 bits per heavy atom. The molecule has 9 nitrogen and oxygen atoms in total. The van der Waals surface area contributed by atoms with Crippen LogP contribution in [0.3, 0.4) is 0 Å². The Labute approximate surface area is 173 Å². The Morgan fingerprint density at radius 3 is 2.70 bits per heavy atom. The molecule has 1 aromatic carbocycles. The number of hydrogen-bond donors (Lipinski definition) is 2. The third-order valence-electron chi connectivity index (χ3n) is 5.44. The highest BCUT2D eigenvalue weighted by Crippen LogP contribution is 2.29. The average Bonchev–Trinajstić information content (AvgIpc) is 3.29. The van der Waals surface area contributed by atoms with Gasteiger partial charge in [-0.05, 0) is 26.0 Å². The van der Waals surface area contributed by atoms with Crippen LogP contribution in [-0.2, 0) is 7.05 Å². The molecule has 1 fully saturated rings. The number of carbonyl (C=O) groups excluding carboxylic acids is 1. The Kier molecular flexibility index (Phi) is 4.39. The lowest BCUT2D eigenvalue weighted by Gasteiger charge is -2.30. The van der Waals surface area contributed by atoms with Gasteiger partial charge in [0.25, 0.3) is 5.91 Å². The molecule has 0 spiro atoms. The molecule has 0 aliphatic carbocycles. The van der Waals surface area contributed by atoms with Crippen LogP contribution in [0.1, 0.15) is 21.7 Å². The molecule has 1 aliphatic rings. The Bertz CT molecular complexity index is 1270. The number of anilines is 2. The summed E-state index contributed by atoms with van der Waals surface area (Å²) in [4.78, 5) is 24.4. The molecule has 5 rings (SSSR count). The zero-order valence-electron chi connectivity index (χ0n) is 17.3. The predicted molar refractivity (Wildman–Crippen MR) is 116 cm³/mol. The highest BCUT2D eigenvalue weighted by Gasteiger charge is 2.20. The summed E-state index contributed by atoms with van der Waals surface area (Å²) in [6, 6.07) is 3.88. The minimum absolute atomic E-state index is 0.228. The monoisotopic (exact) mass is 404 g/mol. The normalized spacial score (nSPS) is 14.6. The lowest BCUT2D eigenvalue weighted by Crippen LogP contribution is -2.43. The maximum Gasteiger partial charge on any atom is 0.259 e. The summed E-state index contributed by atoms with van der Waals surface area (Å²) in [7, 11) is 1.88. The molecular formula is C21H24N8O. The lowest BCUT2D eigenvalue weighted by molar-refractivity contribution is 0.102. The van der Waals surface area contributed by atoms with Crippen molar-refractivity contribution < 1.29 is 4.79 Å². The van der Waals surface area contributed by atoms with Gasteiger partial charge in [0.15, 0.2) is 5.65 Å². The third-order valence-corrected chi connectivity index (χ3v) is 5.44. The second-order valence-electron chi connectivity index (χ2n) is 7.71. The van der Waals surface area contributed by atoms with Crippen molar-refractivity contribution in [2.45, 2.75) is 13.8 Å². The highest BCUT2D eigenvalue weighted by atomic mass is 16.1. The first-order valence-corrected chi connectivity index (χ1v) is 10.1. The van der Waals surface area contributed by atoms with E-state index in [4.69, 9.17) is 0 Å². The van der Waals surface area contributed by atoms with E-state index in [0.717, 1.165) is 54.3 Å². The second-order valence-corrected chi connectivity index (χ2v) is 7.71. The van der Waals surface area contributed by atoms with Gasteiger partial charge in [0, 0.05) is 56.7 Å². The van der Waals surface area contributed by atoms with E-state index in [0.29, 0.717) is 16.9 Å². The molecule has 154 valence electrons. The predicted octanol–water partition coefficient (Wildman–Crippen LogP) is 1.89. The fraction of sp³-hybridized carbons (Fsp3) is 0.333. The van der Waals surface area contributed by atoms with Crippen molar-refractivity contribution in [3.8, 4) is 0 Å². The third kappa shape index (κ3) is 3.17. The molecule has 1 aliphatic heterocycles. The second kappa shape index (κ2) is 7.10. The number of amides is 1. The Hall–Kier alpha value is -3.46. The van der Waals surface area contributed by atoms with Gasteiger partial charge in [-0.3, -0.25) is 9.48 Å². The van der Waals surface area contributed by atoms with Crippen LogP contribution >= 0.6 is 0 Å². The number of hydrogen-bond acceptors (Lipinski definition) is 6. The summed E-state index contributed by atoms with van der Waals surface area (Å²) in [6.45, 7) is 7.59. The van der Waals surface area contributed by atoms with Gasteiger partial charge < -0.3 is 19.9 Å². The maximum atomic E-state index is 13.1. The number of nitrogens with zero attached hydrogens (tertiary/aromatic N) is 6. The summed E-state index contributed by atoms with van der Waals surface area (Å²) in [5, 5.41) is 11.9. The average molecular weight is 404 g/mol. The molecule has 2 N–H and O–H groups in total. The van der Waals surface area contributed by atoms with Gasteiger partial charge in [0.2, 0.25) is 0 Å². The first kappa shape index (κ1) is 18.6. The van der Waals surface area contributed by atoms with Crippen molar-refractivity contribution >= 4 is 34.0 Å². The number of benzene rings is 1. The summed E-state index contributed by atoms with van der Waals surface area (Å²) < 4.78 is 3.65. The van der Waals surface area contributed by atoms with Gasteiger partial charge >= 0.3 is 0 Å². The summed E-state index contributed by atoms with van der Waals surface area (Å²) >= 11 is 0. The topological polar surface area (TPSA) is 92.4 Å². The van der Waals surface area contributed by atoms with E-state index in [1.54, 1.807) is 10.9 Å². The zero-order valence-corrected chi connectivity index (χ0v) is 17.3. The van der Waals surface area contributed by atoms with Crippen LogP contribution < -0.4 is 15.5 Å². The molecule has 3 aromatic heterocycles. The Morgan fingerprint density at radius 2 is 1.90 bits per heavy atom. The molecule has 0 radical (unpaired) electrons. The number of carbonyl (C=O) groups is 1. The van der Waals surface area contributed by atoms with Gasteiger partial charge in [-0.1, -0.05) is 0 Å². The molecule has 30 heavy (non-hydrogen) atoms. The Balaban J connectivity index is 1.51. The van der Waals surface area contributed by atoms with Gasteiger partial charge in [-0.2, -0.15) is 5.10 Å². The van der Waals surface area contributed by atoms with E-state index in [2.05, 4.69) is 30.6 Å². The standard InChI is InChI=1S/C21H24N8O/c1-13-10-29-12-18(24-14(2)20(29)23-13)25-21(30)15-4-5-17(28-8-6-22-7-9-28)16-11-27(3)26-19(15)16/h4-5,10-12,22H,6-9H2,1-3H3,(H,25,30). The zero-order chi connectivity index (χ0) is 20.8. The van der Waals surface area contributed by atoms with E-state index in [9.17, 15) is 4.79 Å². The molecule has 0 saturated carbocycles. The molecular weight excluding hydrogens is 380 g/mol. The van der Waals surface area contributed by atoms with Crippen molar-refractivity contribution in [3.05, 3.63) is 47.7 Å². The van der Waals surface area contributed by atoms with Gasteiger partial charge in [-0.15, -0.1) is 0 Å². The molecule has 1 saturated heterocycles. The van der Waals surface area contributed by atoms with Crippen molar-refractivity contribution in [1.29, 1.82) is 0 Å². The van der Waals surface area contributed by atoms with Gasteiger partial charge in [0.05, 0.1) is 23.1 Å². The van der Waals surface area contributed by atoms with Crippen LogP contribution in [0.2, 0.25) is 0 Å². The van der Waals surface area contributed by atoms with E-state index in [1.807, 2.05) is 49.8 Å². The molecule has 1 amide bonds. The van der Waals surface area contributed by atoms with Crippen molar-refractivity contribution in [3.63, 3.8) is 0 Å². The quantitative estimate of drug-likeness (QED) is 0.542. The van der Waals surface area contributed by atoms with Gasteiger partial charge in [0.1, 0.15) is 11.3 Å². The van der Waals surface area contributed by atoms with E-state index < -0.39 is 0 Å². The number of aryl methyl sites for hydroxylation is 3. The van der Waals surface area contributed by atoms with Crippen LogP contribution in [0.15, 0.2) is 30.7 Å². The first-order chi connectivity index (χ1) is 14.5. The first-order valence-electron chi connectivity index (χ1n) is 10.1. The van der Waals surface area contributed by atoms with Crippen LogP contribution in [0, 0.1) is 13.8 Å². The lowest BCUT2D eigenvalue weighted by atomic mass is 10.1. The van der Waals surface area contributed by atoms with Crippen molar-refractivity contribution in [2.24, 2.45) is 7.05 Å². The number of aromatic nitrogens is 5. The molecule has 9 heteroatoms. The fourth-order valence-corrected chi connectivity index (χ4v) is 4.09. The minimum Gasteiger partial charge on any atom is -0.368 e. The SMILES string of the molecule is Cc1cn2cc(NC(=O)c3ccc(N4CCNCC4)c4cn(C)nc34)nc(C)c2n1. The van der Waals surface area contributed by atoms with Crippen molar-refractivity contribution in [2.75, 3.05) is 36.4 Å². The van der Waals surface area contributed by atoms with Crippen LogP contribution in [0.5, 0.6) is 0 Å². The smallest absolute Gasteiger partial charge is 0.259 e. The van der Waals surface area contributed by atoms with Crippen molar-refractivity contribution in [1.82, 2.24) is 29.5 Å². The molecule has 4 aromatic rings. The van der Waals surface area contributed by atoms with Crippen LogP contribution in [0.4, 0.5) is 11.5 Å². The molecule has 0 atom stereocenters. The number of imidazole rings is 1. The number of piperazine rings is 1. The molecule has 4 heterocycles. The summed E-state index contributed by atoms with van der Waals surface area (Å²) in [6.07, 6.45) is 5.68. The van der Waals surface area contributed by atoms with E-state index in [-0.39, 0.29) is 5.91 Å². The maximum absolute atomic E-state index is 13.1. The summed E-state index contributed by atoms with van der Waals surface area (Å²) in [5.74, 6) is 0.256. The summed E-state index contributed by atoms with van der Waals surface area (Å²) in [5.41, 5.74) is 4.80. The van der Waals surface area contributed by atoms with Crippen LogP contribution in [-0.4, -0.2) is 56.2 Å². The fourth-order valence-electron chi connectivity index (χ4n) is 4.09. The van der Waals surface area contributed by atoms with Crippen LogP contribution in [0.25, 0.3) is 16.6 Å². The number of rotatable bonds is 3.